The normalized spacial score (nSPS) is 11.4. The van der Waals surface area contributed by atoms with Crippen molar-refractivity contribution in [3.63, 3.8) is 0 Å². The number of hydrogen-bond donors (Lipinski definition) is 1. The lowest BCUT2D eigenvalue weighted by Crippen LogP contribution is -2.10. The molecule has 0 bridgehead atoms. The lowest BCUT2D eigenvalue weighted by molar-refractivity contribution is -0.141. The van der Waals surface area contributed by atoms with Gasteiger partial charge < -0.3 is 10.5 Å². The van der Waals surface area contributed by atoms with E-state index < -0.39 is 17.8 Å². The number of pyridine rings is 2. The second kappa shape index (κ2) is 6.21. The highest BCUT2D eigenvalue weighted by Gasteiger charge is 2.32. The van der Waals surface area contributed by atoms with E-state index in [1.165, 1.54) is 0 Å². The summed E-state index contributed by atoms with van der Waals surface area (Å²) < 4.78 is 42.1. The number of hydrogen-bond acceptors (Lipinski definition) is 5. The van der Waals surface area contributed by atoms with Crippen LogP contribution in [0.3, 0.4) is 0 Å². The Morgan fingerprint density at radius 2 is 1.91 bits per heavy atom. The summed E-state index contributed by atoms with van der Waals surface area (Å²) in [4.78, 5) is 18.9. The predicted molar refractivity (Wildman–Crippen MR) is 78.2 cm³/mol. The van der Waals surface area contributed by atoms with Crippen molar-refractivity contribution >= 4 is 34.9 Å². The third-order valence-electron chi connectivity index (χ3n) is 2.82. The van der Waals surface area contributed by atoms with Crippen molar-refractivity contribution in [2.45, 2.75) is 6.18 Å². The van der Waals surface area contributed by atoms with Gasteiger partial charge in [0.25, 0.3) is 0 Å². The average molecular weight is 366 g/mol. The molecular formula is C13H8Cl2F3N3O2. The van der Waals surface area contributed by atoms with Crippen molar-refractivity contribution in [3.05, 3.63) is 39.8 Å². The molecule has 0 radical (unpaired) electrons. The molecule has 122 valence electrons. The van der Waals surface area contributed by atoms with Crippen LogP contribution in [-0.4, -0.2) is 23.0 Å². The Labute approximate surface area is 138 Å². The molecule has 0 atom stereocenters. The number of carbonyl (C=O) groups excluding carboxylic acids is 1. The number of anilines is 1. The molecule has 23 heavy (non-hydrogen) atoms. The van der Waals surface area contributed by atoms with Gasteiger partial charge in [0.2, 0.25) is 0 Å². The SMILES string of the molecule is COC(=O)c1nc(-c2ccc(C(F)(F)F)nc2)c(Cl)c(N)c1Cl. The largest absolute Gasteiger partial charge is 0.464 e. The van der Waals surface area contributed by atoms with Gasteiger partial charge in [0.05, 0.1) is 28.5 Å². The van der Waals surface area contributed by atoms with E-state index in [1.54, 1.807) is 0 Å². The number of nitrogen functional groups attached to an aromatic ring is 1. The Morgan fingerprint density at radius 1 is 1.26 bits per heavy atom. The van der Waals surface area contributed by atoms with Gasteiger partial charge in [-0.2, -0.15) is 13.2 Å². The molecule has 5 nitrogen and oxygen atoms in total. The number of halogens is 5. The van der Waals surface area contributed by atoms with Crippen LogP contribution in [0, 0.1) is 0 Å². The summed E-state index contributed by atoms with van der Waals surface area (Å²) in [6.45, 7) is 0. The minimum Gasteiger partial charge on any atom is -0.464 e. The summed E-state index contributed by atoms with van der Waals surface area (Å²) in [5.41, 5.74) is 4.29. The summed E-state index contributed by atoms with van der Waals surface area (Å²) in [7, 11) is 1.12. The third kappa shape index (κ3) is 3.32. The van der Waals surface area contributed by atoms with Gasteiger partial charge in [-0.15, -0.1) is 0 Å². The molecule has 2 rings (SSSR count). The van der Waals surface area contributed by atoms with E-state index in [4.69, 9.17) is 28.9 Å². The van der Waals surface area contributed by atoms with Crippen LogP contribution in [0.1, 0.15) is 16.2 Å². The van der Waals surface area contributed by atoms with Crippen molar-refractivity contribution in [1.82, 2.24) is 9.97 Å². The molecule has 0 spiro atoms. The minimum atomic E-state index is -4.58. The van der Waals surface area contributed by atoms with Gasteiger partial charge in [-0.05, 0) is 12.1 Å². The molecule has 0 fully saturated rings. The summed E-state index contributed by atoms with van der Waals surface area (Å²) in [5.74, 6) is -0.862. The molecule has 0 saturated carbocycles. The maximum absolute atomic E-state index is 12.5. The quantitative estimate of drug-likeness (QED) is 0.818. The second-order valence-corrected chi connectivity index (χ2v) is 5.03. The van der Waals surface area contributed by atoms with Crippen molar-refractivity contribution < 1.29 is 22.7 Å². The molecule has 2 aromatic heterocycles. The number of rotatable bonds is 2. The Morgan fingerprint density at radius 3 is 2.39 bits per heavy atom. The molecule has 0 aromatic carbocycles. The van der Waals surface area contributed by atoms with Crippen molar-refractivity contribution in [1.29, 1.82) is 0 Å². The van der Waals surface area contributed by atoms with Crippen LogP contribution in [0.4, 0.5) is 18.9 Å². The smallest absolute Gasteiger partial charge is 0.433 e. The van der Waals surface area contributed by atoms with Gasteiger partial charge in [-0.1, -0.05) is 23.2 Å². The maximum atomic E-state index is 12.5. The second-order valence-electron chi connectivity index (χ2n) is 4.27. The number of nitrogens with zero attached hydrogens (tertiary/aromatic N) is 2. The first kappa shape index (κ1) is 17.3. The van der Waals surface area contributed by atoms with E-state index in [0.29, 0.717) is 0 Å². The third-order valence-corrected chi connectivity index (χ3v) is 3.58. The van der Waals surface area contributed by atoms with Gasteiger partial charge in [0.15, 0.2) is 5.69 Å². The molecule has 0 aliphatic rings. The van der Waals surface area contributed by atoms with Gasteiger partial charge in [-0.25, -0.2) is 9.78 Å². The Kier molecular flexibility index (Phi) is 4.67. The first-order valence-electron chi connectivity index (χ1n) is 5.93. The van der Waals surface area contributed by atoms with Crippen LogP contribution in [0.25, 0.3) is 11.3 Å². The summed E-state index contributed by atoms with van der Waals surface area (Å²) in [6.07, 6.45) is -3.66. The molecule has 2 N–H and O–H groups in total. The van der Waals surface area contributed by atoms with Crippen LogP contribution in [0.15, 0.2) is 18.3 Å². The monoisotopic (exact) mass is 365 g/mol. The predicted octanol–water partition coefficient (Wildman–Crippen LogP) is 3.84. The fourth-order valence-electron chi connectivity index (χ4n) is 1.69. The number of esters is 1. The molecule has 0 saturated heterocycles. The van der Waals surface area contributed by atoms with Crippen LogP contribution >= 0.6 is 23.2 Å². The first-order valence-corrected chi connectivity index (χ1v) is 6.68. The van der Waals surface area contributed by atoms with Gasteiger partial charge in [0, 0.05) is 11.8 Å². The number of methoxy groups -OCH3 is 1. The topological polar surface area (TPSA) is 78.1 Å². The summed E-state index contributed by atoms with van der Waals surface area (Å²) in [5, 5.41) is -0.310. The molecule has 0 unspecified atom stereocenters. The van der Waals surface area contributed by atoms with Crippen LogP contribution in [-0.2, 0) is 10.9 Å². The molecule has 0 aliphatic heterocycles. The van der Waals surface area contributed by atoms with E-state index in [1.807, 2.05) is 0 Å². The average Bonchev–Trinajstić information content (AvgIpc) is 2.51. The fraction of sp³-hybridized carbons (Fsp3) is 0.154. The Bertz CT molecular complexity index is 765. The zero-order valence-electron chi connectivity index (χ0n) is 11.4. The summed E-state index contributed by atoms with van der Waals surface area (Å²) >= 11 is 11.9. The number of alkyl halides is 3. The number of ether oxygens (including phenoxy) is 1. The molecule has 2 aromatic rings. The van der Waals surface area contributed by atoms with Gasteiger partial charge in [0.1, 0.15) is 5.69 Å². The van der Waals surface area contributed by atoms with Gasteiger partial charge in [-0.3, -0.25) is 4.98 Å². The number of aromatic nitrogens is 2. The lowest BCUT2D eigenvalue weighted by atomic mass is 10.1. The summed E-state index contributed by atoms with van der Waals surface area (Å²) in [6, 6.07) is 1.87. The van der Waals surface area contributed by atoms with Crippen molar-refractivity contribution in [2.75, 3.05) is 12.8 Å². The van der Waals surface area contributed by atoms with E-state index in [9.17, 15) is 18.0 Å². The van der Waals surface area contributed by atoms with Crippen LogP contribution in [0.5, 0.6) is 0 Å². The van der Waals surface area contributed by atoms with Crippen molar-refractivity contribution in [2.24, 2.45) is 0 Å². The Balaban J connectivity index is 2.59. The molecule has 0 aliphatic carbocycles. The first-order chi connectivity index (χ1) is 10.7. The minimum absolute atomic E-state index is 0.0322. The highest BCUT2D eigenvalue weighted by Crippen LogP contribution is 2.37. The van der Waals surface area contributed by atoms with E-state index in [0.717, 1.165) is 25.4 Å². The van der Waals surface area contributed by atoms with E-state index in [-0.39, 0.29) is 32.7 Å². The van der Waals surface area contributed by atoms with E-state index >= 15 is 0 Å². The number of nitrogens with two attached hydrogens (primary N) is 1. The zero-order valence-corrected chi connectivity index (χ0v) is 12.9. The van der Waals surface area contributed by atoms with Gasteiger partial charge >= 0.3 is 12.1 Å². The highest BCUT2D eigenvalue weighted by atomic mass is 35.5. The molecule has 0 amide bonds. The van der Waals surface area contributed by atoms with Crippen molar-refractivity contribution in [3.8, 4) is 11.3 Å². The lowest BCUT2D eigenvalue weighted by Gasteiger charge is -2.12. The Hall–Kier alpha value is -2.06. The van der Waals surface area contributed by atoms with Crippen LogP contribution < -0.4 is 5.73 Å². The van der Waals surface area contributed by atoms with Crippen LogP contribution in [0.2, 0.25) is 10.0 Å². The molecule has 2 heterocycles. The standard InChI is InChI=1S/C13H8Cl2F3N3O2/c1-23-12(22)11-8(15)9(19)7(14)10(21-11)5-2-3-6(20-4-5)13(16,17)18/h2-4H,1H3,(H2,19,21). The van der Waals surface area contributed by atoms with E-state index in [2.05, 4.69) is 14.7 Å². The number of carbonyl (C=O) groups is 1. The maximum Gasteiger partial charge on any atom is 0.433 e. The highest BCUT2D eigenvalue weighted by molar-refractivity contribution is 6.41. The molecule has 10 heteroatoms. The molecular weight excluding hydrogens is 358 g/mol. The zero-order chi connectivity index (χ0) is 17.4. The fourth-order valence-corrected chi connectivity index (χ4v) is 2.19.